The molecule has 2 aliphatic rings. The van der Waals surface area contributed by atoms with Crippen molar-refractivity contribution in [1.82, 2.24) is 4.57 Å². The van der Waals surface area contributed by atoms with E-state index in [1.54, 1.807) is 30.3 Å². The minimum atomic E-state index is -4.70. The number of aromatic nitrogens is 1. The molecule has 3 amide bonds. The highest BCUT2D eigenvalue weighted by Crippen LogP contribution is 2.55. The summed E-state index contributed by atoms with van der Waals surface area (Å²) in [5, 5.41) is 4.15. The Hall–Kier alpha value is -4.10. The average Bonchev–Trinajstić information content (AvgIpc) is 3.48. The summed E-state index contributed by atoms with van der Waals surface area (Å²) >= 11 is 14.7. The van der Waals surface area contributed by atoms with Gasteiger partial charge in [-0.3, -0.25) is 23.7 Å². The van der Waals surface area contributed by atoms with Gasteiger partial charge >= 0.3 is 11.0 Å². The van der Waals surface area contributed by atoms with Crippen LogP contribution in [-0.4, -0.2) is 27.5 Å². The van der Waals surface area contributed by atoms with Gasteiger partial charge in [0, 0.05) is 16.5 Å². The number of halogens is 5. The van der Waals surface area contributed by atoms with E-state index in [0.717, 1.165) is 57.0 Å². The molecule has 0 saturated carbocycles. The zero-order valence-electron chi connectivity index (χ0n) is 23.8. The number of rotatable bonds is 5. The van der Waals surface area contributed by atoms with Gasteiger partial charge in [0.15, 0.2) is 0 Å². The molecule has 3 heterocycles. The Morgan fingerprint density at radius 1 is 0.872 bits per heavy atom. The Balaban J connectivity index is 1.28. The third-order valence-electron chi connectivity index (χ3n) is 8.13. The smallest absolute Gasteiger partial charge is 0.325 e. The van der Waals surface area contributed by atoms with E-state index < -0.39 is 58.0 Å². The fraction of sp³-hybridized carbons (Fsp3) is 0.152. The van der Waals surface area contributed by atoms with Crippen LogP contribution in [-0.2, 0) is 27.1 Å². The van der Waals surface area contributed by atoms with Gasteiger partial charge in [0.05, 0.1) is 32.2 Å². The molecule has 1 saturated heterocycles. The van der Waals surface area contributed by atoms with E-state index >= 15 is 0 Å². The first kappa shape index (κ1) is 31.5. The maximum atomic E-state index is 14.1. The molecule has 7 rings (SSSR count). The fourth-order valence-corrected chi connectivity index (χ4v) is 9.23. The Labute approximate surface area is 282 Å². The van der Waals surface area contributed by atoms with Crippen molar-refractivity contribution in [3.63, 3.8) is 0 Å². The number of imide groups is 1. The fourth-order valence-electron chi connectivity index (χ4n) is 6.04. The van der Waals surface area contributed by atoms with Gasteiger partial charge in [-0.1, -0.05) is 94.8 Å². The normalized spacial score (nSPS) is 19.2. The van der Waals surface area contributed by atoms with Crippen LogP contribution in [0.3, 0.4) is 0 Å². The standard InChI is InChI=1S/C33H20Cl2F3N3O4S2/c34-22-10-4-9-21(26(22)35)24-25-27(30(44)41(29(25)43)20-8-3-7-18(14-20)33(36,37)38)46-31-28(24)47-32(45)40(31)15-23(42)39-19-12-11-16-5-1-2-6-17(16)13-19/h1-14,24-25,27H,15H2,(H,39,42). The number of carbonyl (C=O) groups is 3. The van der Waals surface area contributed by atoms with Gasteiger partial charge in [-0.05, 0) is 52.7 Å². The highest BCUT2D eigenvalue weighted by Gasteiger charge is 2.57. The molecular weight excluding hydrogens is 694 g/mol. The van der Waals surface area contributed by atoms with E-state index in [2.05, 4.69) is 5.32 Å². The van der Waals surface area contributed by atoms with Gasteiger partial charge in [0.25, 0.3) is 0 Å². The van der Waals surface area contributed by atoms with E-state index in [1.165, 1.54) is 10.6 Å². The molecule has 0 radical (unpaired) electrons. The Morgan fingerprint density at radius 3 is 2.38 bits per heavy atom. The van der Waals surface area contributed by atoms with Crippen molar-refractivity contribution < 1.29 is 27.6 Å². The predicted octanol–water partition coefficient (Wildman–Crippen LogP) is 7.82. The SMILES string of the molecule is O=C(Cn1c2c(sc1=O)C(c1cccc(Cl)c1Cl)C1C(=O)N(c3cccc(C(F)(F)F)c3)C(=O)C1S2)Nc1ccc2ccccc2c1. The van der Waals surface area contributed by atoms with Crippen LogP contribution in [0, 0.1) is 5.92 Å². The van der Waals surface area contributed by atoms with Crippen LogP contribution in [0.15, 0.2) is 94.7 Å². The summed E-state index contributed by atoms with van der Waals surface area (Å²) in [7, 11) is 0. The highest BCUT2D eigenvalue weighted by molar-refractivity contribution is 8.00. The molecule has 4 aromatic carbocycles. The van der Waals surface area contributed by atoms with Crippen molar-refractivity contribution in [1.29, 1.82) is 0 Å². The molecule has 3 unspecified atom stereocenters. The molecule has 14 heteroatoms. The summed E-state index contributed by atoms with van der Waals surface area (Å²) in [4.78, 5) is 55.3. The molecule has 5 aromatic rings. The Morgan fingerprint density at radius 2 is 1.62 bits per heavy atom. The summed E-state index contributed by atoms with van der Waals surface area (Å²) in [6.45, 7) is -0.392. The first-order valence-corrected chi connectivity index (χ1v) is 16.6. The Bertz CT molecular complexity index is 2180. The molecule has 0 bridgehead atoms. The monoisotopic (exact) mass is 713 g/mol. The lowest BCUT2D eigenvalue weighted by atomic mass is 9.83. The van der Waals surface area contributed by atoms with Gasteiger partial charge in [0.1, 0.15) is 11.8 Å². The molecule has 7 nitrogen and oxygen atoms in total. The van der Waals surface area contributed by atoms with Crippen molar-refractivity contribution in [2.75, 3.05) is 10.2 Å². The number of nitrogens with one attached hydrogen (secondary N) is 1. The molecule has 0 spiro atoms. The molecule has 0 aliphatic carbocycles. The lowest BCUT2D eigenvalue weighted by molar-refractivity contribution is -0.137. The molecule has 2 aliphatic heterocycles. The van der Waals surface area contributed by atoms with E-state index in [4.69, 9.17) is 23.2 Å². The number of amides is 3. The largest absolute Gasteiger partial charge is 0.416 e. The number of hydrogen-bond donors (Lipinski definition) is 1. The maximum absolute atomic E-state index is 14.1. The summed E-state index contributed by atoms with van der Waals surface area (Å²) in [6, 6.07) is 21.8. The number of hydrogen-bond acceptors (Lipinski definition) is 6. The van der Waals surface area contributed by atoms with Gasteiger partial charge in [-0.2, -0.15) is 13.2 Å². The number of thioether (sulfide) groups is 1. The zero-order valence-corrected chi connectivity index (χ0v) is 26.9. The van der Waals surface area contributed by atoms with E-state index in [1.807, 2.05) is 30.3 Å². The molecule has 1 aromatic heterocycles. The van der Waals surface area contributed by atoms with Gasteiger partial charge in [-0.25, -0.2) is 4.90 Å². The van der Waals surface area contributed by atoms with Crippen LogP contribution in [0.4, 0.5) is 24.5 Å². The van der Waals surface area contributed by atoms with Crippen LogP contribution < -0.4 is 15.1 Å². The van der Waals surface area contributed by atoms with Gasteiger partial charge < -0.3 is 5.32 Å². The zero-order chi connectivity index (χ0) is 33.2. The number of benzene rings is 4. The number of thiazole rings is 1. The van der Waals surface area contributed by atoms with E-state index in [0.29, 0.717) is 21.2 Å². The predicted molar refractivity (Wildman–Crippen MR) is 177 cm³/mol. The summed E-state index contributed by atoms with van der Waals surface area (Å²) < 4.78 is 41.9. The van der Waals surface area contributed by atoms with Crippen molar-refractivity contribution in [2.45, 2.75) is 28.9 Å². The number of nitrogens with zero attached hydrogens (tertiary/aromatic N) is 2. The summed E-state index contributed by atoms with van der Waals surface area (Å²) in [5.41, 5.74) is -0.346. The van der Waals surface area contributed by atoms with Crippen LogP contribution >= 0.6 is 46.3 Å². The lowest BCUT2D eigenvalue weighted by Gasteiger charge is -2.31. The van der Waals surface area contributed by atoms with E-state index in [-0.39, 0.29) is 15.7 Å². The van der Waals surface area contributed by atoms with Gasteiger partial charge in [0.2, 0.25) is 17.7 Å². The summed E-state index contributed by atoms with van der Waals surface area (Å²) in [5.74, 6) is -4.05. The van der Waals surface area contributed by atoms with Crippen LogP contribution in [0.25, 0.3) is 10.8 Å². The minimum absolute atomic E-state index is 0.106. The highest BCUT2D eigenvalue weighted by atomic mass is 35.5. The van der Waals surface area contributed by atoms with Crippen molar-refractivity contribution in [3.05, 3.63) is 121 Å². The molecule has 1 N–H and O–H groups in total. The number of anilines is 2. The first-order chi connectivity index (χ1) is 22.4. The van der Waals surface area contributed by atoms with Crippen LogP contribution in [0.5, 0.6) is 0 Å². The second-order valence-electron chi connectivity index (χ2n) is 11.0. The molecule has 3 atom stereocenters. The second-order valence-corrected chi connectivity index (χ2v) is 13.9. The van der Waals surface area contributed by atoms with Crippen LogP contribution in [0.1, 0.15) is 21.9 Å². The molecule has 1 fully saturated rings. The number of fused-ring (bicyclic) bond motifs is 3. The minimum Gasteiger partial charge on any atom is -0.325 e. The van der Waals surface area contributed by atoms with Crippen molar-refractivity contribution >= 4 is 86.2 Å². The lowest BCUT2D eigenvalue weighted by Crippen LogP contribution is -2.33. The number of alkyl halides is 3. The van der Waals surface area contributed by atoms with Crippen molar-refractivity contribution in [2.24, 2.45) is 5.92 Å². The van der Waals surface area contributed by atoms with Gasteiger partial charge in [-0.15, -0.1) is 0 Å². The molecular formula is C33H20Cl2F3N3O4S2. The third-order valence-corrected chi connectivity index (χ3v) is 11.6. The molecule has 47 heavy (non-hydrogen) atoms. The van der Waals surface area contributed by atoms with Crippen LogP contribution in [0.2, 0.25) is 10.0 Å². The summed E-state index contributed by atoms with van der Waals surface area (Å²) in [6.07, 6.45) is -4.70. The second kappa shape index (κ2) is 11.9. The third kappa shape index (κ3) is 5.52. The maximum Gasteiger partial charge on any atom is 0.416 e. The van der Waals surface area contributed by atoms with Crippen molar-refractivity contribution in [3.8, 4) is 0 Å². The quantitative estimate of drug-likeness (QED) is 0.188. The van der Waals surface area contributed by atoms with E-state index in [9.17, 15) is 32.3 Å². The average molecular weight is 715 g/mol. The Kier molecular flexibility index (Phi) is 7.94. The molecule has 238 valence electrons. The number of carbonyl (C=O) groups excluding carboxylic acids is 3. The topological polar surface area (TPSA) is 88.5 Å². The first-order valence-electron chi connectivity index (χ1n) is 14.1.